The Balaban J connectivity index is 1.75. The zero-order valence-electron chi connectivity index (χ0n) is 21.2. The fourth-order valence-electron chi connectivity index (χ4n) is 4.49. The van der Waals surface area contributed by atoms with Crippen LogP contribution in [0.15, 0.2) is 71.5 Å². The van der Waals surface area contributed by atoms with Crippen molar-refractivity contribution in [3.05, 3.63) is 99.5 Å². The van der Waals surface area contributed by atoms with E-state index in [1.807, 2.05) is 75.4 Å². The Labute approximate surface area is 210 Å². The van der Waals surface area contributed by atoms with Crippen molar-refractivity contribution in [2.75, 3.05) is 5.32 Å². The molecule has 36 heavy (non-hydrogen) atoms. The summed E-state index contributed by atoms with van der Waals surface area (Å²) >= 11 is 0. The van der Waals surface area contributed by atoms with Crippen LogP contribution < -0.4 is 10.9 Å². The van der Waals surface area contributed by atoms with E-state index in [0.29, 0.717) is 22.0 Å². The summed E-state index contributed by atoms with van der Waals surface area (Å²) in [6, 6.07) is 20.7. The molecule has 0 aliphatic heterocycles. The average molecular weight is 483 g/mol. The van der Waals surface area contributed by atoms with E-state index in [2.05, 4.69) is 5.32 Å². The summed E-state index contributed by atoms with van der Waals surface area (Å²) in [4.78, 5) is 39.8. The van der Waals surface area contributed by atoms with Crippen molar-refractivity contribution in [1.29, 1.82) is 0 Å². The van der Waals surface area contributed by atoms with Gasteiger partial charge in [-0.25, -0.2) is 4.79 Å². The molecule has 6 nitrogen and oxygen atoms in total. The van der Waals surface area contributed by atoms with Crippen LogP contribution in [-0.2, 0) is 16.6 Å². The van der Waals surface area contributed by atoms with Crippen LogP contribution in [0.3, 0.4) is 0 Å². The summed E-state index contributed by atoms with van der Waals surface area (Å²) in [7, 11) is 1.56. The maximum Gasteiger partial charge on any atom is 0.356 e. The molecule has 0 aliphatic rings. The third-order valence-corrected chi connectivity index (χ3v) is 6.24. The third kappa shape index (κ3) is 4.93. The van der Waals surface area contributed by atoms with E-state index in [9.17, 15) is 14.4 Å². The summed E-state index contributed by atoms with van der Waals surface area (Å²) < 4.78 is 7.05. The number of fused-ring (bicyclic) bond motifs is 1. The summed E-state index contributed by atoms with van der Waals surface area (Å²) in [5, 5.41) is 4.02. The fraction of sp³-hybridized carbons (Fsp3) is 0.233. The molecule has 4 rings (SSSR count). The predicted molar refractivity (Wildman–Crippen MR) is 143 cm³/mol. The maximum absolute atomic E-state index is 13.6. The van der Waals surface area contributed by atoms with E-state index < -0.39 is 18.0 Å². The van der Waals surface area contributed by atoms with E-state index in [0.717, 1.165) is 22.3 Å². The Bertz CT molecular complexity index is 1500. The van der Waals surface area contributed by atoms with Crippen molar-refractivity contribution in [3.8, 4) is 11.1 Å². The normalized spacial score (nSPS) is 11.8. The summed E-state index contributed by atoms with van der Waals surface area (Å²) in [5.74, 6) is -1.14. The van der Waals surface area contributed by atoms with Gasteiger partial charge in [0.05, 0.1) is 0 Å². The highest BCUT2D eigenvalue weighted by molar-refractivity contribution is 6.07. The van der Waals surface area contributed by atoms with E-state index >= 15 is 0 Å². The maximum atomic E-state index is 13.6. The summed E-state index contributed by atoms with van der Waals surface area (Å²) in [5.41, 5.74) is 4.95. The Kier molecular flexibility index (Phi) is 7.06. The standard InChI is InChI=1S/C30H30N2O4/c1-6-25(28(33)31-22-16-19(3)15-20(4)17-22)36-30(35)27-26(21-13-11-18(2)12-14-21)23-9-7-8-10-24(23)29(34)32(27)5/h7-17,25H,6H2,1-5H3,(H,31,33). The number of nitrogens with one attached hydrogen (secondary N) is 1. The first-order valence-electron chi connectivity index (χ1n) is 12.0. The molecule has 1 atom stereocenters. The molecule has 3 aromatic carbocycles. The van der Waals surface area contributed by atoms with Gasteiger partial charge in [-0.2, -0.15) is 0 Å². The number of nitrogens with zero attached hydrogens (tertiary/aromatic N) is 1. The van der Waals surface area contributed by atoms with Gasteiger partial charge in [0.25, 0.3) is 11.5 Å². The molecule has 0 saturated heterocycles. The van der Waals surface area contributed by atoms with Gasteiger partial charge in [-0.15, -0.1) is 0 Å². The van der Waals surface area contributed by atoms with Crippen molar-refractivity contribution >= 4 is 28.3 Å². The monoisotopic (exact) mass is 482 g/mol. The molecular formula is C30H30N2O4. The van der Waals surface area contributed by atoms with Crippen molar-refractivity contribution in [3.63, 3.8) is 0 Å². The molecule has 1 unspecified atom stereocenters. The highest BCUT2D eigenvalue weighted by atomic mass is 16.5. The topological polar surface area (TPSA) is 77.4 Å². The lowest BCUT2D eigenvalue weighted by Gasteiger charge is -2.20. The molecule has 0 radical (unpaired) electrons. The number of benzene rings is 3. The SMILES string of the molecule is CCC(OC(=O)c1c(-c2ccc(C)cc2)c2ccccc2c(=O)n1C)C(=O)Nc1cc(C)cc(C)c1. The first-order valence-corrected chi connectivity index (χ1v) is 12.0. The molecule has 1 N–H and O–H groups in total. The van der Waals surface area contributed by atoms with Crippen molar-refractivity contribution in [1.82, 2.24) is 4.57 Å². The van der Waals surface area contributed by atoms with Crippen LogP contribution in [0.25, 0.3) is 21.9 Å². The van der Waals surface area contributed by atoms with Crippen LogP contribution in [0.2, 0.25) is 0 Å². The quantitative estimate of drug-likeness (QED) is 0.357. The number of rotatable bonds is 6. The molecule has 0 saturated carbocycles. The van der Waals surface area contributed by atoms with Gasteiger partial charge in [-0.3, -0.25) is 9.59 Å². The fourth-order valence-corrected chi connectivity index (χ4v) is 4.49. The smallest absolute Gasteiger partial charge is 0.356 e. The van der Waals surface area contributed by atoms with E-state index in [1.54, 1.807) is 26.1 Å². The van der Waals surface area contributed by atoms with Crippen molar-refractivity contribution in [2.24, 2.45) is 7.05 Å². The lowest BCUT2D eigenvalue weighted by molar-refractivity contribution is -0.124. The minimum Gasteiger partial charge on any atom is -0.448 e. The molecule has 6 heteroatoms. The summed E-state index contributed by atoms with van der Waals surface area (Å²) in [6.07, 6.45) is -0.741. The van der Waals surface area contributed by atoms with Gasteiger partial charge < -0.3 is 14.6 Å². The first-order chi connectivity index (χ1) is 17.2. The molecule has 0 fully saturated rings. The van der Waals surface area contributed by atoms with E-state index in [4.69, 9.17) is 4.74 Å². The minimum atomic E-state index is -1.02. The molecule has 0 aliphatic carbocycles. The van der Waals surface area contributed by atoms with Crippen LogP contribution in [0.4, 0.5) is 5.69 Å². The second-order valence-corrected chi connectivity index (χ2v) is 9.17. The van der Waals surface area contributed by atoms with Crippen LogP contribution >= 0.6 is 0 Å². The number of pyridine rings is 1. The Morgan fingerprint density at radius 2 is 1.50 bits per heavy atom. The highest BCUT2D eigenvalue weighted by Gasteiger charge is 2.28. The average Bonchev–Trinajstić information content (AvgIpc) is 2.84. The number of aryl methyl sites for hydroxylation is 3. The number of carbonyl (C=O) groups is 2. The molecule has 184 valence electrons. The van der Waals surface area contributed by atoms with Gasteiger partial charge in [0.2, 0.25) is 0 Å². The van der Waals surface area contributed by atoms with Gasteiger partial charge in [0, 0.05) is 23.7 Å². The number of hydrogen-bond acceptors (Lipinski definition) is 4. The number of amides is 1. The van der Waals surface area contributed by atoms with Crippen LogP contribution in [0.5, 0.6) is 0 Å². The van der Waals surface area contributed by atoms with Crippen molar-refractivity contribution in [2.45, 2.75) is 40.2 Å². The van der Waals surface area contributed by atoms with Gasteiger partial charge in [-0.1, -0.05) is 61.0 Å². The Morgan fingerprint density at radius 1 is 0.889 bits per heavy atom. The number of carbonyl (C=O) groups excluding carboxylic acids is 2. The predicted octanol–water partition coefficient (Wildman–Crippen LogP) is 5.70. The molecule has 1 aromatic heterocycles. The first kappa shape index (κ1) is 24.9. The lowest BCUT2D eigenvalue weighted by Crippen LogP contribution is -2.34. The molecule has 1 heterocycles. The molecule has 4 aromatic rings. The Hall–Kier alpha value is -4.19. The van der Waals surface area contributed by atoms with E-state index in [1.165, 1.54) is 4.57 Å². The number of aromatic nitrogens is 1. The van der Waals surface area contributed by atoms with Crippen molar-refractivity contribution < 1.29 is 14.3 Å². The number of anilines is 1. The molecule has 0 spiro atoms. The third-order valence-electron chi connectivity index (χ3n) is 6.24. The van der Waals surface area contributed by atoms with Crippen LogP contribution in [0.1, 0.15) is 40.5 Å². The van der Waals surface area contributed by atoms with Gasteiger partial charge in [-0.05, 0) is 67.5 Å². The largest absolute Gasteiger partial charge is 0.448 e. The molecular weight excluding hydrogens is 452 g/mol. The summed E-state index contributed by atoms with van der Waals surface area (Å²) in [6.45, 7) is 7.66. The van der Waals surface area contributed by atoms with Gasteiger partial charge >= 0.3 is 5.97 Å². The second kappa shape index (κ2) is 10.2. The Morgan fingerprint density at radius 3 is 2.11 bits per heavy atom. The van der Waals surface area contributed by atoms with E-state index in [-0.39, 0.29) is 17.7 Å². The molecule has 0 bridgehead atoms. The van der Waals surface area contributed by atoms with Gasteiger partial charge in [0.15, 0.2) is 6.10 Å². The number of esters is 1. The molecule has 1 amide bonds. The zero-order valence-corrected chi connectivity index (χ0v) is 21.2. The number of ether oxygens (including phenoxy) is 1. The van der Waals surface area contributed by atoms with Crippen LogP contribution in [-0.4, -0.2) is 22.5 Å². The highest BCUT2D eigenvalue weighted by Crippen LogP contribution is 2.31. The minimum absolute atomic E-state index is 0.111. The van der Waals surface area contributed by atoms with Gasteiger partial charge in [0.1, 0.15) is 5.69 Å². The number of hydrogen-bond donors (Lipinski definition) is 1. The van der Waals surface area contributed by atoms with Crippen LogP contribution in [0, 0.1) is 20.8 Å². The zero-order chi connectivity index (χ0) is 26.0. The lowest BCUT2D eigenvalue weighted by atomic mass is 9.96. The second-order valence-electron chi connectivity index (χ2n) is 9.17.